The Morgan fingerprint density at radius 2 is 0.844 bits per heavy atom. The van der Waals surface area contributed by atoms with Crippen LogP contribution in [0.3, 0.4) is 0 Å². The van der Waals surface area contributed by atoms with Gasteiger partial charge in [0, 0.05) is 52.1 Å². The summed E-state index contributed by atoms with van der Waals surface area (Å²) in [6.45, 7) is 30.0. The Hall–Kier alpha value is -10.9. The molecule has 0 aliphatic carbocycles. The summed E-state index contributed by atoms with van der Waals surface area (Å²) in [7, 11) is 0. The van der Waals surface area contributed by atoms with Crippen LogP contribution in [-0.2, 0) is 92.4 Å². The van der Waals surface area contributed by atoms with Gasteiger partial charge in [0.05, 0.1) is 24.7 Å². The molecule has 1 aliphatic heterocycles. The van der Waals surface area contributed by atoms with E-state index < -0.39 is 279 Å². The van der Waals surface area contributed by atoms with E-state index in [1.807, 2.05) is 6.92 Å². The molecule has 1 aromatic rings. The number of unbranched alkanes of at least 4 members (excludes halogenated alkanes) is 1. The van der Waals surface area contributed by atoms with Crippen LogP contribution in [0.25, 0.3) is 0 Å². The Morgan fingerprint density at radius 3 is 1.25 bits per heavy atom. The summed E-state index contributed by atoms with van der Waals surface area (Å²) >= 11 is 0. The van der Waals surface area contributed by atoms with Gasteiger partial charge < -0.3 is 124 Å². The largest absolute Gasteiger partial charge is 0.465 e. The van der Waals surface area contributed by atoms with Gasteiger partial charge >= 0.3 is 36.4 Å². The minimum atomic E-state index is -2.02. The molecule has 18 N–H and O–H groups in total. The molecule has 13 atom stereocenters. The zero-order chi connectivity index (χ0) is 92.8. The van der Waals surface area contributed by atoms with Gasteiger partial charge in [0.25, 0.3) is 0 Å². The second-order valence-corrected chi connectivity index (χ2v) is 35.1. The Labute approximate surface area is 714 Å². The zero-order valence-corrected chi connectivity index (χ0v) is 74.5. The van der Waals surface area contributed by atoms with Crippen molar-refractivity contribution in [3.8, 4) is 0 Å². The number of rotatable bonds is 34. The minimum absolute atomic E-state index is 0.0843. The third kappa shape index (κ3) is 45.7. The van der Waals surface area contributed by atoms with E-state index >= 15 is 19.2 Å². The zero-order valence-electron chi connectivity index (χ0n) is 74.5. The first-order valence-corrected chi connectivity index (χ1v) is 41.2. The van der Waals surface area contributed by atoms with Crippen molar-refractivity contribution in [2.75, 3.05) is 45.9 Å². The summed E-state index contributed by atoms with van der Waals surface area (Å²) in [4.78, 5) is 241. The number of carbonyl (C=O) groups is 17. The van der Waals surface area contributed by atoms with Gasteiger partial charge in [-0.25, -0.2) is 24.0 Å². The highest BCUT2D eigenvalue weighted by Crippen LogP contribution is 2.17. The molecule has 1 aromatic carbocycles. The van der Waals surface area contributed by atoms with Crippen LogP contribution in [0.1, 0.15) is 215 Å². The molecule has 3 unspecified atom stereocenters. The SMILES string of the molecule is CCCCOC(=O)C(C)CC(=O)N[C@@H](CCNC(=O)OC(C)(C)C)C(=O)N[C@H](C(=O)N[C@@H](CCNC(=O)OC(C)(C)C)C(=O)N[C@H]1CCNC(=O)[C@H](C(C)O)NC(=O)[C@H](CCNC(=O)OC(C)(C)C)NC(=O)[C@H](CCNC(=O)OC(C)(C)C)NC(=O)[C@H](CC(C)C)NC(=O)[C@@H](Cc2ccccc2)NC(=O)[C@H](CCNC(=O)OC(C)(C)C)NC1=O)C(C)O. The van der Waals surface area contributed by atoms with E-state index in [4.69, 9.17) is 28.4 Å². The van der Waals surface area contributed by atoms with Crippen molar-refractivity contribution in [3.05, 3.63) is 35.9 Å². The fraction of sp³-hybridized carbons (Fsp3) is 0.716. The molecule has 1 aliphatic rings. The lowest BCUT2D eigenvalue weighted by Crippen LogP contribution is -2.62. The van der Waals surface area contributed by atoms with Crippen LogP contribution in [0.2, 0.25) is 0 Å². The van der Waals surface area contributed by atoms with Crippen molar-refractivity contribution in [3.63, 3.8) is 0 Å². The lowest BCUT2D eigenvalue weighted by atomic mass is 10.00. The first kappa shape index (κ1) is 107. The van der Waals surface area contributed by atoms with Gasteiger partial charge in [-0.1, -0.05) is 64.4 Å². The maximum atomic E-state index is 15.4. The third-order valence-electron chi connectivity index (χ3n) is 17.1. The molecule has 16 amide bonds. The molecule has 2 rings (SSSR count). The standard InChI is InChI=1S/C81H136N16O25/c1-22-23-41-117-71(111)46(4)43-58(100)88-50(30-36-83-72(112)118-77(7,8)9)65(105)97-60(48(6)99)70(110)93-54(33-39-86-75(115)121-80(16,17)18)63(103)89-51-29-35-82-69(109)59(47(5)98)96-66(106)55(34-40-87-76(116)122-81(19,20)21)91-62(102)52(31-37-84-73(113)119-78(10,11)12)92-67(107)56(42-45(2)3)94-68(108)57(44-49-27-25-24-26-28-49)95-64(104)53(90-61(51)101)32-38-85-74(114)120-79(13,14)15/h24-28,45-48,50-57,59-60,98-99H,22-23,29-44H2,1-21H3,(H,82,109)(H,83,112)(H,84,113)(H,85,114)(H,86,115)(H,87,116)(H,88,100)(H,89,103)(H,90,101)(H,91,102)(H,92,107)(H,93,110)(H,94,108)(H,95,104)(H,96,106)(H,97,105)/t46?,47?,48?,50-,51-,52-,53-,54-,55-,56-,57+,59-,60-/m0/s1. The van der Waals surface area contributed by atoms with Crippen LogP contribution >= 0.6 is 0 Å². The van der Waals surface area contributed by atoms with Crippen molar-refractivity contribution in [2.24, 2.45) is 11.8 Å². The van der Waals surface area contributed by atoms with Crippen LogP contribution in [-0.4, -0.2) is 258 Å². The summed E-state index contributed by atoms with van der Waals surface area (Å²) in [6.07, 6.45) is -11.1. The summed E-state index contributed by atoms with van der Waals surface area (Å²) in [5.74, 6) is -14.5. The van der Waals surface area contributed by atoms with Crippen LogP contribution in [0.4, 0.5) is 24.0 Å². The molecule has 0 spiro atoms. The summed E-state index contributed by atoms with van der Waals surface area (Å²) in [5.41, 5.74) is -4.60. The number of aliphatic hydroxyl groups excluding tert-OH is 2. The Kier molecular flexibility index (Phi) is 44.9. The number of esters is 1. The molecule has 1 saturated heterocycles. The molecule has 0 aromatic heterocycles. The van der Waals surface area contributed by atoms with E-state index in [1.54, 1.807) is 148 Å². The topological polar surface area (TPSA) is 579 Å². The maximum absolute atomic E-state index is 15.4. The van der Waals surface area contributed by atoms with Gasteiger partial charge in [0.2, 0.25) is 65.0 Å². The smallest absolute Gasteiger partial charge is 0.407 e. The quantitative estimate of drug-likeness (QED) is 0.0263. The van der Waals surface area contributed by atoms with E-state index in [1.165, 1.54) is 6.92 Å². The molecule has 41 heteroatoms. The Bertz CT molecular complexity index is 3660. The van der Waals surface area contributed by atoms with Gasteiger partial charge in [0.15, 0.2) is 0 Å². The number of benzene rings is 1. The predicted octanol–water partition coefficient (Wildman–Crippen LogP) is 1.35. The first-order valence-electron chi connectivity index (χ1n) is 41.2. The predicted molar refractivity (Wildman–Crippen MR) is 444 cm³/mol. The second kappa shape index (κ2) is 51.2. The van der Waals surface area contributed by atoms with Gasteiger partial charge in [-0.2, -0.15) is 0 Å². The third-order valence-corrected chi connectivity index (χ3v) is 17.1. The molecule has 690 valence electrons. The fourth-order valence-corrected chi connectivity index (χ4v) is 11.3. The normalized spacial score (nSPS) is 19.8. The number of nitrogens with one attached hydrogen (secondary N) is 16. The van der Waals surface area contributed by atoms with Gasteiger partial charge in [0.1, 0.15) is 88.4 Å². The molecule has 0 bridgehead atoms. The van der Waals surface area contributed by atoms with Gasteiger partial charge in [-0.05, 0) is 181 Å². The van der Waals surface area contributed by atoms with Gasteiger partial charge in [-0.3, -0.25) is 57.5 Å². The molecule has 0 radical (unpaired) electrons. The minimum Gasteiger partial charge on any atom is -0.465 e. The number of hydrogen-bond donors (Lipinski definition) is 18. The highest BCUT2D eigenvalue weighted by Gasteiger charge is 2.40. The van der Waals surface area contributed by atoms with Crippen LogP contribution in [0.15, 0.2) is 30.3 Å². The summed E-state index contributed by atoms with van der Waals surface area (Å²) < 4.78 is 32.2. The average Bonchev–Trinajstić information content (AvgIpc) is 0.925. The lowest BCUT2D eigenvalue weighted by Gasteiger charge is -2.29. The average molecular weight is 1730 g/mol. The number of alkyl carbamates (subject to hydrolysis) is 5. The molecule has 1 fully saturated rings. The van der Waals surface area contributed by atoms with Crippen LogP contribution in [0, 0.1) is 11.8 Å². The monoisotopic (exact) mass is 1730 g/mol. The number of hydrogen-bond acceptors (Lipinski definition) is 25. The molecule has 122 heavy (non-hydrogen) atoms. The van der Waals surface area contributed by atoms with Gasteiger partial charge in [-0.15, -0.1) is 0 Å². The Balaban J connectivity index is 3.12. The molecular formula is C81H136N16O25. The van der Waals surface area contributed by atoms with E-state index in [9.17, 15) is 72.5 Å². The second-order valence-electron chi connectivity index (χ2n) is 35.1. The van der Waals surface area contributed by atoms with E-state index in [0.29, 0.717) is 18.4 Å². The van der Waals surface area contributed by atoms with Crippen LogP contribution < -0.4 is 85.1 Å². The number of aliphatic hydroxyl groups is 2. The Morgan fingerprint density at radius 1 is 0.459 bits per heavy atom. The van der Waals surface area contributed by atoms with Crippen molar-refractivity contribution in [1.82, 2.24) is 85.1 Å². The van der Waals surface area contributed by atoms with Crippen molar-refractivity contribution in [2.45, 2.75) is 317 Å². The number of carbonyl (C=O) groups excluding carboxylic acids is 17. The molecular weight excluding hydrogens is 1600 g/mol. The van der Waals surface area contributed by atoms with Crippen molar-refractivity contribution in [1.29, 1.82) is 0 Å². The maximum Gasteiger partial charge on any atom is 0.407 e. The summed E-state index contributed by atoms with van der Waals surface area (Å²) in [5, 5.41) is 62.8. The molecule has 0 saturated carbocycles. The summed E-state index contributed by atoms with van der Waals surface area (Å²) in [6, 6.07) is -9.76. The van der Waals surface area contributed by atoms with E-state index in [-0.39, 0.29) is 39.0 Å². The fourth-order valence-electron chi connectivity index (χ4n) is 11.3. The number of ether oxygens (including phenoxy) is 6. The first-order chi connectivity index (χ1) is 56.4. The highest BCUT2D eigenvalue weighted by atomic mass is 16.6. The lowest BCUT2D eigenvalue weighted by molar-refractivity contribution is -0.150. The van der Waals surface area contributed by atoms with Crippen molar-refractivity contribution >= 4 is 101 Å². The molecule has 41 nitrogen and oxygen atoms in total. The van der Waals surface area contributed by atoms with E-state index in [2.05, 4.69) is 85.1 Å². The van der Waals surface area contributed by atoms with Crippen LogP contribution in [0.5, 0.6) is 0 Å². The highest BCUT2D eigenvalue weighted by molar-refractivity contribution is 6.00. The van der Waals surface area contributed by atoms with Crippen molar-refractivity contribution < 1.29 is 120 Å². The molecule has 1 heterocycles. The number of amides is 16. The van der Waals surface area contributed by atoms with E-state index in [0.717, 1.165) is 13.8 Å².